The number of ether oxygens (including phenoxy) is 1. The van der Waals surface area contributed by atoms with Crippen molar-refractivity contribution in [3.05, 3.63) is 23.3 Å². The van der Waals surface area contributed by atoms with E-state index in [1.165, 1.54) is 0 Å². The minimum atomic E-state index is -0.467. The molecule has 1 heterocycles. The van der Waals surface area contributed by atoms with Gasteiger partial charge in [0.05, 0.1) is 12.8 Å². The molecule has 1 aromatic carbocycles. The number of methoxy groups -OCH3 is 1. The van der Waals surface area contributed by atoms with E-state index in [9.17, 15) is 0 Å². The van der Waals surface area contributed by atoms with E-state index < -0.39 is 5.62 Å². The van der Waals surface area contributed by atoms with Gasteiger partial charge >= 0.3 is 0 Å². The quantitative estimate of drug-likeness (QED) is 0.572. The Bertz CT molecular complexity index is 460. The Morgan fingerprint density at radius 1 is 1.44 bits per heavy atom. The van der Waals surface area contributed by atoms with Gasteiger partial charge in [0.1, 0.15) is 10.9 Å². The number of aliphatic imine (C=N–C) groups is 1. The van der Waals surface area contributed by atoms with Crippen LogP contribution in [0.1, 0.15) is 11.1 Å². The van der Waals surface area contributed by atoms with E-state index in [4.69, 9.17) is 27.9 Å². The summed E-state index contributed by atoms with van der Waals surface area (Å²) in [5.41, 5.74) is 2.41. The summed E-state index contributed by atoms with van der Waals surface area (Å²) in [5, 5.41) is 0.443. The summed E-state index contributed by atoms with van der Waals surface area (Å²) in [6, 6.07) is 3.78. The number of halogens is 2. The molecule has 0 aliphatic carbocycles. The molecule has 0 spiro atoms. The number of nitrogens with zero attached hydrogens (tertiary/aromatic N) is 2. The summed E-state index contributed by atoms with van der Waals surface area (Å²) in [4.78, 5) is 6.01. The van der Waals surface area contributed by atoms with E-state index in [0.717, 1.165) is 22.6 Å². The third-order valence-electron chi connectivity index (χ3n) is 2.72. The number of fused-ring (bicyclic) bond motifs is 1. The number of hydrogen-bond donors (Lipinski definition) is 0. The van der Waals surface area contributed by atoms with Gasteiger partial charge in [-0.3, -0.25) is 0 Å². The van der Waals surface area contributed by atoms with E-state index in [2.05, 4.69) is 4.99 Å². The van der Waals surface area contributed by atoms with Crippen molar-refractivity contribution in [2.24, 2.45) is 4.99 Å². The fraction of sp³-hybridized carbons (Fsp3) is 0.364. The smallest absolute Gasteiger partial charge is 0.199 e. The van der Waals surface area contributed by atoms with Gasteiger partial charge in [-0.1, -0.05) is 23.2 Å². The second-order valence-corrected chi connectivity index (χ2v) is 4.38. The Hall–Kier alpha value is -0.930. The van der Waals surface area contributed by atoms with Crippen LogP contribution in [0.25, 0.3) is 0 Å². The van der Waals surface area contributed by atoms with Crippen molar-refractivity contribution in [3.63, 3.8) is 0 Å². The molecule has 3 nitrogen and oxygen atoms in total. The van der Waals surface area contributed by atoms with Crippen LogP contribution in [-0.2, 0) is 0 Å². The molecule has 0 saturated heterocycles. The molecule has 5 heteroatoms. The number of alkyl halides is 1. The van der Waals surface area contributed by atoms with Crippen molar-refractivity contribution in [1.82, 2.24) is 0 Å². The summed E-state index contributed by atoms with van der Waals surface area (Å²) in [5.74, 6) is 0.820. The second-order valence-electron chi connectivity index (χ2n) is 3.63. The lowest BCUT2D eigenvalue weighted by atomic mass is 10.1. The summed E-state index contributed by atoms with van der Waals surface area (Å²) < 4.78 is 5.28. The SMILES string of the molecule is COc1ccc2c(c1C)N(C)C(Cl)N=C2Cl. The first-order chi connectivity index (χ1) is 7.56. The van der Waals surface area contributed by atoms with Crippen LogP contribution in [0.4, 0.5) is 5.69 Å². The maximum absolute atomic E-state index is 6.07. The Labute approximate surface area is 105 Å². The van der Waals surface area contributed by atoms with Gasteiger partial charge in [0.2, 0.25) is 0 Å². The van der Waals surface area contributed by atoms with Gasteiger partial charge in [-0.05, 0) is 19.1 Å². The molecule has 1 aliphatic rings. The zero-order valence-electron chi connectivity index (χ0n) is 9.29. The average molecular weight is 259 g/mol. The van der Waals surface area contributed by atoms with Gasteiger partial charge in [-0.25, -0.2) is 4.99 Å². The number of benzene rings is 1. The highest BCUT2D eigenvalue weighted by Crippen LogP contribution is 2.37. The molecule has 1 unspecified atom stereocenters. The van der Waals surface area contributed by atoms with Crippen LogP contribution < -0.4 is 9.64 Å². The fourth-order valence-electron chi connectivity index (χ4n) is 1.88. The van der Waals surface area contributed by atoms with E-state index in [1.54, 1.807) is 7.11 Å². The van der Waals surface area contributed by atoms with Crippen LogP contribution in [-0.4, -0.2) is 25.0 Å². The molecule has 1 atom stereocenters. The van der Waals surface area contributed by atoms with E-state index >= 15 is 0 Å². The summed E-state index contributed by atoms with van der Waals surface area (Å²) >= 11 is 12.1. The lowest BCUT2D eigenvalue weighted by molar-refractivity contribution is 0.411. The molecule has 86 valence electrons. The van der Waals surface area contributed by atoms with Gasteiger partial charge < -0.3 is 9.64 Å². The predicted octanol–water partition coefficient (Wildman–Crippen LogP) is 2.96. The highest BCUT2D eigenvalue weighted by atomic mass is 35.5. The van der Waals surface area contributed by atoms with Gasteiger partial charge in [0.15, 0.2) is 5.62 Å². The monoisotopic (exact) mass is 258 g/mol. The van der Waals surface area contributed by atoms with Crippen LogP contribution in [0.2, 0.25) is 0 Å². The van der Waals surface area contributed by atoms with Crippen molar-refractivity contribution < 1.29 is 4.74 Å². The maximum Gasteiger partial charge on any atom is 0.199 e. The molecule has 0 fully saturated rings. The highest BCUT2D eigenvalue weighted by Gasteiger charge is 2.25. The van der Waals surface area contributed by atoms with Crippen LogP contribution in [0.5, 0.6) is 5.75 Å². The zero-order chi connectivity index (χ0) is 11.9. The third kappa shape index (κ3) is 1.64. The zero-order valence-corrected chi connectivity index (χ0v) is 10.8. The molecule has 16 heavy (non-hydrogen) atoms. The topological polar surface area (TPSA) is 24.8 Å². The Morgan fingerprint density at radius 3 is 2.75 bits per heavy atom. The summed E-state index contributed by atoms with van der Waals surface area (Å²) in [6.07, 6.45) is 0. The first-order valence-corrected chi connectivity index (χ1v) is 5.66. The van der Waals surface area contributed by atoms with Crippen LogP contribution in [0, 0.1) is 6.92 Å². The molecule has 1 aromatic rings. The summed E-state index contributed by atoms with van der Waals surface area (Å²) in [6.45, 7) is 1.98. The Kier molecular flexibility index (Phi) is 3.00. The van der Waals surface area contributed by atoms with Gasteiger partial charge in [0, 0.05) is 18.2 Å². The largest absolute Gasteiger partial charge is 0.496 e. The molecule has 0 aromatic heterocycles. The normalized spacial score (nSPS) is 19.2. The first-order valence-electron chi connectivity index (χ1n) is 4.84. The van der Waals surface area contributed by atoms with Gasteiger partial charge in [0.25, 0.3) is 0 Å². The van der Waals surface area contributed by atoms with Crippen LogP contribution in [0.15, 0.2) is 17.1 Å². The van der Waals surface area contributed by atoms with Crippen molar-refractivity contribution in [1.29, 1.82) is 0 Å². The Balaban J connectivity index is 2.66. The maximum atomic E-state index is 6.07. The van der Waals surface area contributed by atoms with Crippen LogP contribution >= 0.6 is 23.2 Å². The van der Waals surface area contributed by atoms with Crippen molar-refractivity contribution in [3.8, 4) is 5.75 Å². The molecule has 2 rings (SSSR count). The van der Waals surface area contributed by atoms with E-state index in [0.29, 0.717) is 5.17 Å². The molecule has 0 N–H and O–H groups in total. The van der Waals surface area contributed by atoms with Crippen molar-refractivity contribution in [2.45, 2.75) is 12.5 Å². The first kappa shape index (κ1) is 11.6. The van der Waals surface area contributed by atoms with E-state index in [-0.39, 0.29) is 0 Å². The lowest BCUT2D eigenvalue weighted by Gasteiger charge is -2.30. The standard InChI is InChI=1S/C11H12Cl2N2O/c1-6-8(16-3)5-4-7-9(6)15(2)11(13)14-10(7)12/h4-5,11H,1-3H3. The third-order valence-corrected chi connectivity index (χ3v) is 3.41. The molecule has 0 bridgehead atoms. The molecule has 0 saturated carbocycles. The minimum Gasteiger partial charge on any atom is -0.496 e. The van der Waals surface area contributed by atoms with E-state index in [1.807, 2.05) is 31.0 Å². The molecular weight excluding hydrogens is 247 g/mol. The number of rotatable bonds is 1. The Morgan fingerprint density at radius 2 is 2.12 bits per heavy atom. The average Bonchev–Trinajstić information content (AvgIpc) is 2.26. The molecule has 1 aliphatic heterocycles. The predicted molar refractivity (Wildman–Crippen MR) is 68.2 cm³/mol. The van der Waals surface area contributed by atoms with Gasteiger partial charge in [-0.15, -0.1) is 0 Å². The molecule has 0 amide bonds. The van der Waals surface area contributed by atoms with Crippen LogP contribution in [0.3, 0.4) is 0 Å². The van der Waals surface area contributed by atoms with Crippen molar-refractivity contribution in [2.75, 3.05) is 19.1 Å². The number of hydrogen-bond acceptors (Lipinski definition) is 3. The molecule has 0 radical (unpaired) electrons. The molecular formula is C11H12Cl2N2O. The summed E-state index contributed by atoms with van der Waals surface area (Å²) in [7, 11) is 3.53. The lowest BCUT2D eigenvalue weighted by Crippen LogP contribution is -2.31. The van der Waals surface area contributed by atoms with Crippen molar-refractivity contribution >= 4 is 34.1 Å². The highest BCUT2D eigenvalue weighted by molar-refractivity contribution is 6.70. The second kappa shape index (κ2) is 4.15. The van der Waals surface area contributed by atoms with Gasteiger partial charge in [-0.2, -0.15) is 0 Å². The minimum absolute atomic E-state index is 0.443. The number of anilines is 1. The fourth-order valence-corrected chi connectivity index (χ4v) is 2.37.